The van der Waals surface area contributed by atoms with Gasteiger partial charge in [0.2, 0.25) is 5.78 Å². The number of hydrogen-bond donors (Lipinski definition) is 2. The Balaban J connectivity index is 1.61. The fourth-order valence-corrected chi connectivity index (χ4v) is 4.22. The topological polar surface area (TPSA) is 113 Å². The predicted molar refractivity (Wildman–Crippen MR) is 122 cm³/mol. The number of fused-ring (bicyclic) bond motifs is 1. The lowest BCUT2D eigenvalue weighted by molar-refractivity contribution is -0.130. The smallest absolute Gasteiger partial charge is 0.290 e. The number of phenols is 1. The Labute approximate surface area is 194 Å². The number of ketones is 1. The summed E-state index contributed by atoms with van der Waals surface area (Å²) in [6, 6.07) is 15.6. The van der Waals surface area contributed by atoms with E-state index in [0.29, 0.717) is 22.3 Å². The Morgan fingerprint density at radius 3 is 2.59 bits per heavy atom. The fourth-order valence-electron chi connectivity index (χ4n) is 4.22. The van der Waals surface area contributed by atoms with Gasteiger partial charge in [-0.1, -0.05) is 24.3 Å². The van der Waals surface area contributed by atoms with Gasteiger partial charge in [-0.15, -0.1) is 0 Å². The Kier molecular flexibility index (Phi) is 5.25. The highest BCUT2D eigenvalue weighted by atomic mass is 16.5. The first-order chi connectivity index (χ1) is 16.5. The summed E-state index contributed by atoms with van der Waals surface area (Å²) in [7, 11) is 1.50. The van der Waals surface area contributed by atoms with Crippen LogP contribution in [0.4, 0.5) is 0 Å². The maximum Gasteiger partial charge on any atom is 0.290 e. The molecule has 5 rings (SSSR count). The molecule has 8 nitrogen and oxygen atoms in total. The first-order valence-corrected chi connectivity index (χ1v) is 10.5. The van der Waals surface area contributed by atoms with Gasteiger partial charge in [-0.05, 0) is 47.5 Å². The maximum atomic E-state index is 13.6. The fraction of sp³-hybridized carbons (Fsp3) is 0.115. The number of para-hydroxylation sites is 1. The number of furan rings is 1. The molecule has 1 aliphatic rings. The van der Waals surface area contributed by atoms with Gasteiger partial charge in [-0.2, -0.15) is 0 Å². The number of aliphatic hydroxyl groups is 1. The van der Waals surface area contributed by atoms with Gasteiger partial charge in [-0.25, -0.2) is 0 Å². The molecular formula is C26H20N2O6. The molecule has 1 amide bonds. The van der Waals surface area contributed by atoms with Crippen LogP contribution in [-0.2, 0) is 11.3 Å². The average Bonchev–Trinajstić information content (AvgIpc) is 3.39. The van der Waals surface area contributed by atoms with Crippen LogP contribution in [0, 0.1) is 0 Å². The second-order valence-electron chi connectivity index (χ2n) is 7.87. The molecule has 0 saturated carbocycles. The van der Waals surface area contributed by atoms with Crippen LogP contribution >= 0.6 is 0 Å². The quantitative estimate of drug-likeness (QED) is 0.416. The standard InChI is InChI=1S/C26H20N2O6/c1-33-19-7-3-5-17-13-20(34-25(17)19)23(30)21-22(16-4-2-6-18(29)12-16)28(26(32)24(21)31)14-15-8-10-27-11-9-15/h2-13,22,29,31H,14H2,1H3. The lowest BCUT2D eigenvalue weighted by Crippen LogP contribution is -2.30. The molecule has 34 heavy (non-hydrogen) atoms. The van der Waals surface area contributed by atoms with E-state index in [0.717, 1.165) is 5.56 Å². The summed E-state index contributed by atoms with van der Waals surface area (Å²) in [6.07, 6.45) is 3.20. The van der Waals surface area contributed by atoms with Crippen LogP contribution < -0.4 is 4.74 Å². The molecule has 8 heteroatoms. The summed E-state index contributed by atoms with van der Waals surface area (Å²) in [6.45, 7) is 0.121. The number of amides is 1. The van der Waals surface area contributed by atoms with Gasteiger partial charge in [0.05, 0.1) is 18.7 Å². The molecule has 2 aromatic carbocycles. The lowest BCUT2D eigenvalue weighted by Gasteiger charge is -2.26. The largest absolute Gasteiger partial charge is 0.508 e. The summed E-state index contributed by atoms with van der Waals surface area (Å²) in [5.74, 6) is -1.58. The van der Waals surface area contributed by atoms with E-state index in [2.05, 4.69) is 4.98 Å². The minimum Gasteiger partial charge on any atom is -0.508 e. The number of benzene rings is 2. The summed E-state index contributed by atoms with van der Waals surface area (Å²) >= 11 is 0. The zero-order valence-corrected chi connectivity index (χ0v) is 18.1. The molecule has 3 heterocycles. The van der Waals surface area contributed by atoms with Crippen molar-refractivity contribution in [1.29, 1.82) is 0 Å². The van der Waals surface area contributed by atoms with E-state index in [1.165, 1.54) is 24.1 Å². The van der Waals surface area contributed by atoms with Crippen molar-refractivity contribution in [2.75, 3.05) is 7.11 Å². The van der Waals surface area contributed by atoms with Crippen LogP contribution in [0.25, 0.3) is 11.0 Å². The lowest BCUT2D eigenvalue weighted by atomic mass is 9.94. The zero-order chi connectivity index (χ0) is 23.8. The Morgan fingerprint density at radius 1 is 1.09 bits per heavy atom. The molecule has 0 fully saturated rings. The van der Waals surface area contributed by atoms with Crippen molar-refractivity contribution in [3.8, 4) is 11.5 Å². The van der Waals surface area contributed by atoms with E-state index in [4.69, 9.17) is 9.15 Å². The van der Waals surface area contributed by atoms with Crippen molar-refractivity contribution in [3.05, 3.63) is 101 Å². The average molecular weight is 456 g/mol. The summed E-state index contributed by atoms with van der Waals surface area (Å²) in [5.41, 5.74) is 1.51. The Morgan fingerprint density at radius 2 is 1.85 bits per heavy atom. The molecule has 2 aromatic heterocycles. The molecule has 0 aliphatic carbocycles. The minimum absolute atomic E-state index is 0.0273. The number of aliphatic hydroxyl groups excluding tert-OH is 1. The number of Topliss-reactive ketones (excluding diaryl/α,β-unsaturated/α-hetero) is 1. The molecule has 1 atom stereocenters. The minimum atomic E-state index is -0.935. The van der Waals surface area contributed by atoms with E-state index in [-0.39, 0.29) is 23.6 Å². The van der Waals surface area contributed by atoms with Crippen molar-refractivity contribution in [2.45, 2.75) is 12.6 Å². The van der Waals surface area contributed by atoms with Crippen LogP contribution in [0.5, 0.6) is 11.5 Å². The highest BCUT2D eigenvalue weighted by Crippen LogP contribution is 2.41. The summed E-state index contributed by atoms with van der Waals surface area (Å²) in [5, 5.41) is 21.6. The molecule has 0 radical (unpaired) electrons. The van der Waals surface area contributed by atoms with E-state index < -0.39 is 23.5 Å². The number of hydrogen-bond acceptors (Lipinski definition) is 7. The van der Waals surface area contributed by atoms with Crippen LogP contribution in [0.1, 0.15) is 27.7 Å². The molecule has 0 saturated heterocycles. The number of phenolic OH excluding ortho intramolecular Hbond substituents is 1. The molecule has 4 aromatic rings. The van der Waals surface area contributed by atoms with Crippen LogP contribution in [0.2, 0.25) is 0 Å². The Bertz CT molecular complexity index is 1440. The van der Waals surface area contributed by atoms with Crippen LogP contribution in [0.15, 0.2) is 88.8 Å². The highest BCUT2D eigenvalue weighted by Gasteiger charge is 2.44. The van der Waals surface area contributed by atoms with E-state index in [1.807, 2.05) is 0 Å². The van der Waals surface area contributed by atoms with Crippen molar-refractivity contribution < 1.29 is 29.0 Å². The first-order valence-electron chi connectivity index (χ1n) is 10.5. The number of aromatic nitrogens is 1. The number of nitrogens with zero attached hydrogens (tertiary/aromatic N) is 2. The maximum absolute atomic E-state index is 13.6. The second-order valence-corrected chi connectivity index (χ2v) is 7.87. The number of ether oxygens (including phenoxy) is 1. The normalized spacial score (nSPS) is 15.9. The Hall–Kier alpha value is -4.59. The van der Waals surface area contributed by atoms with Crippen LogP contribution in [0.3, 0.4) is 0 Å². The van der Waals surface area contributed by atoms with E-state index in [9.17, 15) is 19.8 Å². The van der Waals surface area contributed by atoms with Crippen molar-refractivity contribution in [2.24, 2.45) is 0 Å². The number of aromatic hydroxyl groups is 1. The number of rotatable bonds is 6. The monoisotopic (exact) mass is 456 g/mol. The molecule has 1 aliphatic heterocycles. The molecule has 170 valence electrons. The van der Waals surface area contributed by atoms with Gasteiger partial charge in [-0.3, -0.25) is 14.6 Å². The zero-order valence-electron chi connectivity index (χ0n) is 18.1. The van der Waals surface area contributed by atoms with Gasteiger partial charge in [0.1, 0.15) is 5.75 Å². The molecule has 1 unspecified atom stereocenters. The summed E-state index contributed by atoms with van der Waals surface area (Å²) < 4.78 is 11.1. The highest BCUT2D eigenvalue weighted by molar-refractivity contribution is 6.16. The third-order valence-corrected chi connectivity index (χ3v) is 5.79. The van der Waals surface area contributed by atoms with Crippen molar-refractivity contribution >= 4 is 22.7 Å². The van der Waals surface area contributed by atoms with Gasteiger partial charge in [0.15, 0.2) is 22.9 Å². The number of carbonyl (C=O) groups excluding carboxylic acids is 2. The summed E-state index contributed by atoms with van der Waals surface area (Å²) in [4.78, 5) is 32.1. The SMILES string of the molecule is COc1cccc2cc(C(=O)C3=C(O)C(=O)N(Cc4ccncc4)C3c3cccc(O)c3)oc12. The van der Waals surface area contributed by atoms with E-state index >= 15 is 0 Å². The van der Waals surface area contributed by atoms with E-state index in [1.54, 1.807) is 60.9 Å². The van der Waals surface area contributed by atoms with Crippen molar-refractivity contribution in [3.63, 3.8) is 0 Å². The number of pyridine rings is 1. The number of carbonyl (C=O) groups is 2. The van der Waals surface area contributed by atoms with Gasteiger partial charge in [0.25, 0.3) is 5.91 Å². The van der Waals surface area contributed by atoms with Crippen LogP contribution in [-0.4, -0.2) is 38.9 Å². The predicted octanol–water partition coefficient (Wildman–Crippen LogP) is 4.32. The first kappa shape index (κ1) is 21.3. The molecule has 0 spiro atoms. The third kappa shape index (κ3) is 3.55. The van der Waals surface area contributed by atoms with Crippen molar-refractivity contribution in [1.82, 2.24) is 9.88 Å². The number of methoxy groups -OCH3 is 1. The molecule has 0 bridgehead atoms. The molecular weight excluding hydrogens is 436 g/mol. The van der Waals surface area contributed by atoms with Gasteiger partial charge in [0, 0.05) is 24.3 Å². The molecule has 2 N–H and O–H groups in total. The van der Waals surface area contributed by atoms with Gasteiger partial charge >= 0.3 is 0 Å². The second kappa shape index (κ2) is 8.40. The third-order valence-electron chi connectivity index (χ3n) is 5.79. The van der Waals surface area contributed by atoms with Gasteiger partial charge < -0.3 is 24.3 Å².